The van der Waals surface area contributed by atoms with Crippen LogP contribution in [0.25, 0.3) is 21.9 Å². The fourth-order valence-corrected chi connectivity index (χ4v) is 2.93. The van der Waals surface area contributed by atoms with Crippen molar-refractivity contribution in [1.82, 2.24) is 0 Å². The number of carbonyl (C=O) groups is 1. The molecule has 0 unspecified atom stereocenters. The molecule has 0 aliphatic carbocycles. The van der Waals surface area contributed by atoms with Crippen LogP contribution in [0.3, 0.4) is 0 Å². The number of para-hydroxylation sites is 1. The van der Waals surface area contributed by atoms with E-state index in [9.17, 15) is 14.7 Å². The van der Waals surface area contributed by atoms with Crippen molar-refractivity contribution in [2.24, 2.45) is 0 Å². The van der Waals surface area contributed by atoms with Crippen LogP contribution in [0.5, 0.6) is 5.75 Å². The summed E-state index contributed by atoms with van der Waals surface area (Å²) in [6.45, 7) is 1.90. The fourth-order valence-electron chi connectivity index (χ4n) is 2.93. The maximum atomic E-state index is 12.8. The van der Waals surface area contributed by atoms with E-state index in [0.29, 0.717) is 27.5 Å². The lowest BCUT2D eigenvalue weighted by molar-refractivity contribution is 0.103. The first-order chi connectivity index (χ1) is 12.0. The van der Waals surface area contributed by atoms with Crippen molar-refractivity contribution in [3.05, 3.63) is 87.6 Å². The van der Waals surface area contributed by atoms with Gasteiger partial charge in [-0.3, -0.25) is 9.59 Å². The molecule has 25 heavy (non-hydrogen) atoms. The number of benzene rings is 3. The molecule has 4 rings (SSSR count). The molecule has 4 aromatic rings. The second kappa shape index (κ2) is 5.60. The van der Waals surface area contributed by atoms with Gasteiger partial charge in [0.1, 0.15) is 16.9 Å². The quantitative estimate of drug-likeness (QED) is 0.442. The zero-order valence-corrected chi connectivity index (χ0v) is 13.4. The number of hydrogen-bond acceptors (Lipinski definition) is 4. The number of aryl methyl sites for hydroxylation is 1. The molecule has 0 aliphatic heterocycles. The SMILES string of the molecule is Cc1ccc2oc3ccc(C(=O)c4ccccc4O)cc3c(=O)c2c1. The van der Waals surface area contributed by atoms with Gasteiger partial charge in [0.05, 0.1) is 16.3 Å². The Kier molecular flexibility index (Phi) is 3.39. The van der Waals surface area contributed by atoms with E-state index in [1.165, 1.54) is 12.1 Å². The third-order valence-electron chi connectivity index (χ3n) is 4.23. The Bertz CT molecular complexity index is 1200. The van der Waals surface area contributed by atoms with Gasteiger partial charge in [-0.15, -0.1) is 0 Å². The molecular weight excluding hydrogens is 316 g/mol. The lowest BCUT2D eigenvalue weighted by Crippen LogP contribution is -2.06. The number of rotatable bonds is 2. The second-order valence-electron chi connectivity index (χ2n) is 5.99. The van der Waals surface area contributed by atoms with Gasteiger partial charge in [-0.05, 0) is 49.4 Å². The number of carbonyl (C=O) groups excluding carboxylic acids is 1. The Morgan fingerprint density at radius 3 is 2.36 bits per heavy atom. The molecule has 4 heteroatoms. The summed E-state index contributed by atoms with van der Waals surface area (Å²) in [6, 6.07) is 16.5. The number of fused-ring (bicyclic) bond motifs is 2. The van der Waals surface area contributed by atoms with Crippen LogP contribution in [0.15, 0.2) is 69.9 Å². The summed E-state index contributed by atoms with van der Waals surface area (Å²) < 4.78 is 5.79. The maximum Gasteiger partial charge on any atom is 0.200 e. The molecule has 1 aromatic heterocycles. The normalized spacial score (nSPS) is 11.1. The molecule has 0 bridgehead atoms. The first-order valence-electron chi connectivity index (χ1n) is 7.84. The van der Waals surface area contributed by atoms with Gasteiger partial charge >= 0.3 is 0 Å². The van der Waals surface area contributed by atoms with E-state index in [4.69, 9.17) is 4.42 Å². The summed E-state index contributed by atoms with van der Waals surface area (Å²) in [4.78, 5) is 25.4. The second-order valence-corrected chi connectivity index (χ2v) is 5.99. The molecule has 3 aromatic carbocycles. The van der Waals surface area contributed by atoms with E-state index in [1.54, 1.807) is 42.5 Å². The van der Waals surface area contributed by atoms with Crippen molar-refractivity contribution in [3.63, 3.8) is 0 Å². The van der Waals surface area contributed by atoms with Crippen molar-refractivity contribution >= 4 is 27.7 Å². The van der Waals surface area contributed by atoms with Gasteiger partial charge in [0.25, 0.3) is 0 Å². The Labute approximate surface area is 143 Å². The van der Waals surface area contributed by atoms with Crippen LogP contribution in [0.2, 0.25) is 0 Å². The summed E-state index contributed by atoms with van der Waals surface area (Å²) >= 11 is 0. The molecule has 0 saturated heterocycles. The van der Waals surface area contributed by atoms with E-state index >= 15 is 0 Å². The highest BCUT2D eigenvalue weighted by Gasteiger charge is 2.15. The summed E-state index contributed by atoms with van der Waals surface area (Å²) in [6.07, 6.45) is 0. The summed E-state index contributed by atoms with van der Waals surface area (Å²) in [5.41, 5.74) is 2.25. The highest BCUT2D eigenvalue weighted by Crippen LogP contribution is 2.24. The van der Waals surface area contributed by atoms with E-state index in [1.807, 2.05) is 13.0 Å². The van der Waals surface area contributed by atoms with Crippen LogP contribution >= 0.6 is 0 Å². The van der Waals surface area contributed by atoms with Crippen molar-refractivity contribution in [3.8, 4) is 5.75 Å². The van der Waals surface area contributed by atoms with E-state index < -0.39 is 0 Å². The smallest absolute Gasteiger partial charge is 0.200 e. The van der Waals surface area contributed by atoms with Crippen LogP contribution in [0, 0.1) is 6.92 Å². The van der Waals surface area contributed by atoms with Gasteiger partial charge in [-0.2, -0.15) is 0 Å². The minimum absolute atomic E-state index is 0.0891. The number of phenols is 1. The topological polar surface area (TPSA) is 67.5 Å². The van der Waals surface area contributed by atoms with E-state index in [-0.39, 0.29) is 22.5 Å². The lowest BCUT2D eigenvalue weighted by Gasteiger charge is -2.06. The largest absolute Gasteiger partial charge is 0.507 e. The lowest BCUT2D eigenvalue weighted by atomic mass is 10.0. The van der Waals surface area contributed by atoms with Gasteiger partial charge in [0.2, 0.25) is 5.43 Å². The average molecular weight is 330 g/mol. The fraction of sp³-hybridized carbons (Fsp3) is 0.0476. The van der Waals surface area contributed by atoms with Crippen LogP contribution < -0.4 is 5.43 Å². The molecule has 4 nitrogen and oxygen atoms in total. The molecular formula is C21H14O4. The highest BCUT2D eigenvalue weighted by molar-refractivity contribution is 6.12. The van der Waals surface area contributed by atoms with Crippen LogP contribution in [0.1, 0.15) is 21.5 Å². The van der Waals surface area contributed by atoms with Gasteiger partial charge in [0.15, 0.2) is 5.78 Å². The zero-order chi connectivity index (χ0) is 17.6. The molecule has 122 valence electrons. The van der Waals surface area contributed by atoms with Crippen molar-refractivity contribution in [2.45, 2.75) is 6.92 Å². The molecule has 0 atom stereocenters. The number of ketones is 1. The predicted octanol–water partition coefficient (Wildman–Crippen LogP) is 4.19. The van der Waals surface area contributed by atoms with Crippen LogP contribution in [-0.4, -0.2) is 10.9 Å². The molecule has 0 radical (unpaired) electrons. The number of hydrogen-bond donors (Lipinski definition) is 1. The average Bonchev–Trinajstić information content (AvgIpc) is 2.62. The Morgan fingerprint density at radius 1 is 0.920 bits per heavy atom. The van der Waals surface area contributed by atoms with Crippen molar-refractivity contribution < 1.29 is 14.3 Å². The third kappa shape index (κ3) is 2.48. The zero-order valence-electron chi connectivity index (χ0n) is 13.4. The Balaban J connectivity index is 1.94. The molecule has 1 N–H and O–H groups in total. The molecule has 0 fully saturated rings. The Hall–Kier alpha value is -3.40. The summed E-state index contributed by atoms with van der Waals surface area (Å²) in [7, 11) is 0. The molecule has 0 saturated carbocycles. The molecule has 0 amide bonds. The highest BCUT2D eigenvalue weighted by atomic mass is 16.3. The maximum absolute atomic E-state index is 12.8. The van der Waals surface area contributed by atoms with Crippen molar-refractivity contribution in [2.75, 3.05) is 0 Å². The summed E-state index contributed by atoms with van der Waals surface area (Å²) in [5, 5.41) is 10.7. The van der Waals surface area contributed by atoms with Gasteiger partial charge in [0, 0.05) is 5.56 Å². The number of aromatic hydroxyl groups is 1. The summed E-state index contributed by atoms with van der Waals surface area (Å²) in [5.74, 6) is -0.433. The monoisotopic (exact) mass is 330 g/mol. The first kappa shape index (κ1) is 15.1. The first-order valence-corrected chi connectivity index (χ1v) is 7.84. The minimum atomic E-state index is -0.344. The molecule has 1 heterocycles. The standard InChI is InChI=1S/C21H14O4/c1-12-6-8-18-15(10-12)21(24)16-11-13(7-9-19(16)25-18)20(23)14-4-2-3-5-17(14)22/h2-11,22H,1H3. The Morgan fingerprint density at radius 2 is 1.60 bits per heavy atom. The van der Waals surface area contributed by atoms with E-state index in [0.717, 1.165) is 5.56 Å². The van der Waals surface area contributed by atoms with Gasteiger partial charge in [-0.1, -0.05) is 23.8 Å². The molecule has 0 spiro atoms. The third-order valence-corrected chi connectivity index (χ3v) is 4.23. The van der Waals surface area contributed by atoms with Gasteiger partial charge < -0.3 is 9.52 Å². The van der Waals surface area contributed by atoms with E-state index in [2.05, 4.69) is 0 Å². The molecule has 0 aliphatic rings. The van der Waals surface area contributed by atoms with Crippen LogP contribution in [-0.2, 0) is 0 Å². The van der Waals surface area contributed by atoms with Gasteiger partial charge in [-0.25, -0.2) is 0 Å². The number of phenolic OH excluding ortho intramolecular Hbond substituents is 1. The van der Waals surface area contributed by atoms with Crippen LogP contribution in [0.4, 0.5) is 0 Å². The predicted molar refractivity (Wildman–Crippen MR) is 96.3 cm³/mol. The van der Waals surface area contributed by atoms with Crippen molar-refractivity contribution in [1.29, 1.82) is 0 Å². The minimum Gasteiger partial charge on any atom is -0.507 e.